The SMILES string of the molecule is Cc1ccccc1P(c1ccccc1C)[C@H](C)C1CC2(CCC(P(C(C)(C)C)C(C)(C)C)CC2)C1. The van der Waals surface area contributed by atoms with E-state index in [9.17, 15) is 0 Å². The van der Waals surface area contributed by atoms with Gasteiger partial charge in [0.1, 0.15) is 0 Å². The molecule has 0 saturated heterocycles. The van der Waals surface area contributed by atoms with Crippen LogP contribution in [0.2, 0.25) is 0 Å². The van der Waals surface area contributed by atoms with Crippen molar-refractivity contribution < 1.29 is 0 Å². The molecule has 0 bridgehead atoms. The lowest BCUT2D eigenvalue weighted by molar-refractivity contribution is 0.0164. The zero-order valence-electron chi connectivity index (χ0n) is 24.0. The summed E-state index contributed by atoms with van der Waals surface area (Å²) in [5.74, 6) is 0.878. The van der Waals surface area contributed by atoms with Crippen molar-refractivity contribution >= 4 is 26.5 Å². The van der Waals surface area contributed by atoms with Gasteiger partial charge in [0.05, 0.1) is 0 Å². The Morgan fingerprint density at radius 3 is 1.57 bits per heavy atom. The molecule has 0 N–H and O–H groups in total. The first-order chi connectivity index (χ1) is 16.3. The minimum atomic E-state index is -0.332. The van der Waals surface area contributed by atoms with Crippen LogP contribution in [0.5, 0.6) is 0 Å². The zero-order valence-corrected chi connectivity index (χ0v) is 25.8. The topological polar surface area (TPSA) is 0 Å². The van der Waals surface area contributed by atoms with E-state index in [1.807, 2.05) is 0 Å². The van der Waals surface area contributed by atoms with Crippen molar-refractivity contribution in [2.45, 2.75) is 122 Å². The summed E-state index contributed by atoms with van der Waals surface area (Å²) >= 11 is 0. The molecule has 0 nitrogen and oxygen atoms in total. The van der Waals surface area contributed by atoms with Gasteiger partial charge in [-0.05, 0) is 115 Å². The molecule has 0 aromatic heterocycles. The summed E-state index contributed by atoms with van der Waals surface area (Å²) in [7, 11) is -0.314. The van der Waals surface area contributed by atoms with Crippen LogP contribution in [-0.2, 0) is 0 Å². The number of hydrogen-bond acceptors (Lipinski definition) is 0. The molecule has 0 amide bonds. The van der Waals surface area contributed by atoms with E-state index in [4.69, 9.17) is 0 Å². The van der Waals surface area contributed by atoms with Crippen LogP contribution in [0.3, 0.4) is 0 Å². The van der Waals surface area contributed by atoms with E-state index in [1.54, 1.807) is 10.6 Å². The molecule has 0 heterocycles. The molecular weight excluding hydrogens is 458 g/mol. The van der Waals surface area contributed by atoms with Gasteiger partial charge >= 0.3 is 0 Å². The average molecular weight is 509 g/mol. The van der Waals surface area contributed by atoms with Crippen molar-refractivity contribution in [1.82, 2.24) is 0 Å². The molecule has 2 aromatic rings. The predicted octanol–water partition coefficient (Wildman–Crippen LogP) is 9.54. The Kier molecular flexibility index (Phi) is 7.98. The van der Waals surface area contributed by atoms with E-state index in [0.717, 1.165) is 17.2 Å². The second-order valence-corrected chi connectivity index (χ2v) is 20.5. The van der Waals surface area contributed by atoms with Crippen LogP contribution in [0.25, 0.3) is 0 Å². The molecule has 192 valence electrons. The summed E-state index contributed by atoms with van der Waals surface area (Å²) in [4.78, 5) is 0. The highest BCUT2D eigenvalue weighted by atomic mass is 31.1. The normalized spacial score (nSPS) is 26.3. The lowest BCUT2D eigenvalue weighted by Gasteiger charge is -2.57. The highest BCUT2D eigenvalue weighted by molar-refractivity contribution is 7.73. The van der Waals surface area contributed by atoms with E-state index < -0.39 is 0 Å². The molecule has 4 rings (SSSR count). The molecule has 0 aliphatic heterocycles. The van der Waals surface area contributed by atoms with Gasteiger partial charge in [0.25, 0.3) is 0 Å². The molecule has 0 unspecified atom stereocenters. The van der Waals surface area contributed by atoms with Gasteiger partial charge < -0.3 is 0 Å². The second-order valence-electron chi connectivity index (χ2n) is 13.8. The zero-order chi connectivity index (χ0) is 25.6. The second kappa shape index (κ2) is 10.2. The molecule has 1 atom stereocenters. The molecule has 2 aromatic carbocycles. The van der Waals surface area contributed by atoms with Gasteiger partial charge in [-0.25, -0.2) is 0 Å². The van der Waals surface area contributed by atoms with Gasteiger partial charge in [-0.3, -0.25) is 0 Å². The third-order valence-electron chi connectivity index (χ3n) is 9.06. The van der Waals surface area contributed by atoms with Gasteiger partial charge in [-0.1, -0.05) is 105 Å². The summed E-state index contributed by atoms with van der Waals surface area (Å²) in [6, 6.07) is 18.4. The Labute approximate surface area is 219 Å². The highest BCUT2D eigenvalue weighted by Gasteiger charge is 2.51. The largest absolute Gasteiger partial charge is 0.0924 e. The first-order valence-corrected chi connectivity index (χ1v) is 16.8. The molecule has 2 heteroatoms. The monoisotopic (exact) mass is 508 g/mol. The van der Waals surface area contributed by atoms with Crippen LogP contribution < -0.4 is 10.6 Å². The predicted molar refractivity (Wildman–Crippen MR) is 162 cm³/mol. The number of hydrogen-bond donors (Lipinski definition) is 0. The Bertz CT molecular complexity index is 933. The van der Waals surface area contributed by atoms with E-state index in [2.05, 4.69) is 111 Å². The maximum atomic E-state index is 2.59. The van der Waals surface area contributed by atoms with E-state index in [-0.39, 0.29) is 15.8 Å². The summed E-state index contributed by atoms with van der Waals surface area (Å²) < 4.78 is 0. The van der Waals surface area contributed by atoms with Gasteiger partial charge in [-0.2, -0.15) is 0 Å². The van der Waals surface area contributed by atoms with Crippen LogP contribution in [0.1, 0.15) is 98.1 Å². The number of benzene rings is 2. The van der Waals surface area contributed by atoms with Gasteiger partial charge in [-0.15, -0.1) is 0 Å². The van der Waals surface area contributed by atoms with Crippen molar-refractivity contribution in [3.63, 3.8) is 0 Å². The Morgan fingerprint density at radius 1 is 0.743 bits per heavy atom. The third kappa shape index (κ3) is 5.75. The maximum absolute atomic E-state index is 2.59. The highest BCUT2D eigenvalue weighted by Crippen LogP contribution is 2.69. The average Bonchev–Trinajstić information content (AvgIpc) is 2.73. The Hall–Kier alpha value is -0.700. The lowest BCUT2D eigenvalue weighted by atomic mass is 9.55. The van der Waals surface area contributed by atoms with Crippen molar-refractivity contribution in [3.05, 3.63) is 59.7 Å². The van der Waals surface area contributed by atoms with Crippen molar-refractivity contribution in [2.24, 2.45) is 11.3 Å². The molecule has 1 spiro atoms. The van der Waals surface area contributed by atoms with Crippen LogP contribution in [0.15, 0.2) is 48.5 Å². The molecule has 2 aliphatic carbocycles. The van der Waals surface area contributed by atoms with Crippen molar-refractivity contribution in [2.75, 3.05) is 0 Å². The maximum Gasteiger partial charge on any atom is -0.0128 e. The van der Waals surface area contributed by atoms with E-state index in [1.165, 1.54) is 49.7 Å². The molecule has 2 saturated carbocycles. The van der Waals surface area contributed by atoms with E-state index in [0.29, 0.717) is 15.7 Å². The van der Waals surface area contributed by atoms with Crippen LogP contribution >= 0.6 is 15.8 Å². The summed E-state index contributed by atoms with van der Waals surface area (Å²) in [6.45, 7) is 22.3. The minimum absolute atomic E-state index is 0.0182. The van der Waals surface area contributed by atoms with Crippen LogP contribution in [-0.4, -0.2) is 21.6 Å². The summed E-state index contributed by atoms with van der Waals surface area (Å²) in [5.41, 5.74) is 5.31. The standard InChI is InChI=1S/C33H50P2/c1-24-14-10-12-16-29(24)34(30-17-13-11-15-25(30)2)26(3)27-22-33(23-27)20-18-28(19-21-33)35(31(4,5)6)32(7,8)9/h10-17,26-28H,18-23H2,1-9H3/t26-,27?,28?,33?/m1/s1. The van der Waals surface area contributed by atoms with Crippen LogP contribution in [0, 0.1) is 25.2 Å². The fourth-order valence-electron chi connectivity index (χ4n) is 7.82. The summed E-state index contributed by atoms with van der Waals surface area (Å²) in [5, 5.41) is 4.12. The molecule has 0 radical (unpaired) electrons. The fourth-order valence-corrected chi connectivity index (χ4v) is 16.0. The van der Waals surface area contributed by atoms with Gasteiger partial charge in [0.15, 0.2) is 0 Å². The smallest absolute Gasteiger partial charge is 0.0128 e. The quantitative estimate of drug-likeness (QED) is 0.353. The first kappa shape index (κ1) is 27.3. The van der Waals surface area contributed by atoms with Gasteiger partial charge in [0.2, 0.25) is 0 Å². The first-order valence-electron chi connectivity index (χ1n) is 14.0. The summed E-state index contributed by atoms with van der Waals surface area (Å²) in [6.07, 6.45) is 8.87. The number of rotatable bonds is 5. The Balaban J connectivity index is 1.48. The van der Waals surface area contributed by atoms with E-state index >= 15 is 0 Å². The molecular formula is C33H50P2. The van der Waals surface area contributed by atoms with Crippen LogP contribution in [0.4, 0.5) is 0 Å². The van der Waals surface area contributed by atoms with Crippen molar-refractivity contribution in [1.29, 1.82) is 0 Å². The minimum Gasteiger partial charge on any atom is -0.0924 e. The van der Waals surface area contributed by atoms with Gasteiger partial charge in [0, 0.05) is 0 Å². The molecule has 2 fully saturated rings. The Morgan fingerprint density at radius 2 is 1.17 bits per heavy atom. The molecule has 2 aliphatic rings. The number of aryl methyl sites for hydroxylation is 2. The lowest BCUT2D eigenvalue weighted by Crippen LogP contribution is -2.46. The fraction of sp³-hybridized carbons (Fsp3) is 0.636. The molecule has 35 heavy (non-hydrogen) atoms. The third-order valence-corrected chi connectivity index (χ3v) is 16.5. The van der Waals surface area contributed by atoms with Crippen molar-refractivity contribution in [3.8, 4) is 0 Å².